The summed E-state index contributed by atoms with van der Waals surface area (Å²) in [7, 11) is 0. The minimum atomic E-state index is -3.07. The maximum Gasteiger partial charge on any atom is 0.291 e. The van der Waals surface area contributed by atoms with Crippen LogP contribution in [0.5, 0.6) is 17.2 Å². The highest BCUT2D eigenvalue weighted by Crippen LogP contribution is 2.50. The fourth-order valence-electron chi connectivity index (χ4n) is 1.35. The van der Waals surface area contributed by atoms with Crippen molar-refractivity contribution in [1.29, 1.82) is 0 Å². The van der Waals surface area contributed by atoms with Crippen molar-refractivity contribution in [1.82, 2.24) is 0 Å². The monoisotopic (exact) mass is 298 g/mol. The molecule has 6 heteroatoms. The molecule has 0 amide bonds. The molecular weight excluding hydrogens is 287 g/mol. The molecule has 0 saturated carbocycles. The van der Waals surface area contributed by atoms with Gasteiger partial charge in [0.1, 0.15) is 5.75 Å². The van der Waals surface area contributed by atoms with Crippen LogP contribution in [0.1, 0.15) is 0 Å². The summed E-state index contributed by atoms with van der Waals surface area (Å²) >= 11 is 8.59. The van der Waals surface area contributed by atoms with E-state index in [1.165, 1.54) is 0 Å². The number of benzene rings is 2. The average molecular weight is 298 g/mol. The van der Waals surface area contributed by atoms with Gasteiger partial charge in [0.05, 0.1) is 0 Å². The van der Waals surface area contributed by atoms with Crippen molar-refractivity contribution in [3.8, 4) is 17.2 Å². The van der Waals surface area contributed by atoms with Crippen molar-refractivity contribution in [2.24, 2.45) is 0 Å². The van der Waals surface area contributed by atoms with E-state index < -0.39 is 5.69 Å². The summed E-state index contributed by atoms with van der Waals surface area (Å²) in [6.07, 6.45) is 0. The predicted molar refractivity (Wildman–Crippen MR) is 79.1 cm³/mol. The Morgan fingerprint density at radius 1 is 0.944 bits per heavy atom. The Labute approximate surface area is 116 Å². The molecule has 1 atom stereocenters. The molecule has 0 fully saturated rings. The van der Waals surface area contributed by atoms with E-state index in [4.69, 9.17) is 21.1 Å². The molecule has 18 heavy (non-hydrogen) atoms. The van der Waals surface area contributed by atoms with E-state index in [0.29, 0.717) is 17.2 Å². The first-order valence-electron chi connectivity index (χ1n) is 5.12. The largest absolute Gasteiger partial charge is 0.453 e. The number of rotatable bonds is 4. The molecule has 0 aliphatic rings. The van der Waals surface area contributed by atoms with Gasteiger partial charge in [-0.25, -0.2) is 0 Å². The van der Waals surface area contributed by atoms with E-state index >= 15 is 0 Å². The quantitative estimate of drug-likeness (QED) is 0.661. The average Bonchev–Trinajstić information content (AvgIpc) is 2.31. The standard InChI is InChI=1S/C12H11O3PS2/c13-16(17,18)15-12-9-5-4-8-11(12)14-10-6-2-1-3-7-10/h1-9H,(H2,13,17,18). The van der Waals surface area contributed by atoms with Crippen molar-refractivity contribution in [2.45, 2.75) is 0 Å². The summed E-state index contributed by atoms with van der Waals surface area (Å²) in [4.78, 5) is 9.47. The van der Waals surface area contributed by atoms with Gasteiger partial charge in [-0.2, -0.15) is 0 Å². The fraction of sp³-hybridized carbons (Fsp3) is 0. The van der Waals surface area contributed by atoms with Crippen LogP contribution >= 0.6 is 17.9 Å². The lowest BCUT2D eigenvalue weighted by Gasteiger charge is -2.14. The number of thiol groups is 1. The van der Waals surface area contributed by atoms with E-state index in [-0.39, 0.29) is 0 Å². The van der Waals surface area contributed by atoms with Crippen LogP contribution in [-0.4, -0.2) is 4.89 Å². The predicted octanol–water partition coefficient (Wildman–Crippen LogP) is 4.00. The van der Waals surface area contributed by atoms with Crippen LogP contribution in [0.4, 0.5) is 0 Å². The van der Waals surface area contributed by atoms with Gasteiger partial charge in [0.25, 0.3) is 5.69 Å². The molecule has 2 aromatic carbocycles. The Morgan fingerprint density at radius 3 is 2.11 bits per heavy atom. The van der Waals surface area contributed by atoms with Gasteiger partial charge in [0.2, 0.25) is 0 Å². The van der Waals surface area contributed by atoms with Crippen molar-refractivity contribution in [3.63, 3.8) is 0 Å². The van der Waals surface area contributed by atoms with Gasteiger partial charge >= 0.3 is 0 Å². The lowest BCUT2D eigenvalue weighted by Crippen LogP contribution is -1.90. The summed E-state index contributed by atoms with van der Waals surface area (Å²) in [6.45, 7) is 0. The second kappa shape index (κ2) is 5.76. The first kappa shape index (κ1) is 13.4. The molecule has 0 radical (unpaired) electrons. The highest BCUT2D eigenvalue weighted by Gasteiger charge is 2.13. The van der Waals surface area contributed by atoms with Gasteiger partial charge in [-0.15, -0.1) is 0 Å². The van der Waals surface area contributed by atoms with Crippen LogP contribution in [0.2, 0.25) is 0 Å². The zero-order chi connectivity index (χ0) is 13.0. The van der Waals surface area contributed by atoms with E-state index in [1.54, 1.807) is 18.2 Å². The Hall–Kier alpha value is -1.00. The second-order valence-corrected chi connectivity index (χ2v) is 8.53. The van der Waals surface area contributed by atoms with Gasteiger partial charge in [-0.3, -0.25) is 0 Å². The zero-order valence-corrected chi connectivity index (χ0v) is 11.9. The first-order valence-corrected chi connectivity index (χ1v) is 8.94. The molecule has 0 bridgehead atoms. The van der Waals surface area contributed by atoms with Crippen LogP contribution < -0.4 is 9.26 Å². The zero-order valence-electron chi connectivity index (χ0n) is 9.26. The van der Waals surface area contributed by atoms with Crippen molar-refractivity contribution in [2.75, 3.05) is 0 Å². The fourth-order valence-corrected chi connectivity index (χ4v) is 2.27. The van der Waals surface area contributed by atoms with E-state index in [1.807, 2.05) is 36.4 Å². The van der Waals surface area contributed by atoms with Gasteiger partial charge in [-0.1, -0.05) is 42.6 Å². The third-order valence-corrected chi connectivity index (χ3v) is 2.94. The molecule has 3 nitrogen and oxygen atoms in total. The van der Waals surface area contributed by atoms with E-state index in [2.05, 4.69) is 12.2 Å². The molecule has 0 saturated heterocycles. The number of hydrogen-bond donors (Lipinski definition) is 2. The van der Waals surface area contributed by atoms with Crippen LogP contribution in [0.15, 0.2) is 54.6 Å². The molecule has 0 aliphatic carbocycles. The third kappa shape index (κ3) is 4.03. The maximum absolute atomic E-state index is 9.47. The molecular formula is C12H11O3PS2. The molecule has 2 rings (SSSR count). The molecule has 1 unspecified atom stereocenters. The Bertz CT molecular complexity index is 569. The molecule has 1 N–H and O–H groups in total. The number of hydrogen-bond acceptors (Lipinski definition) is 3. The minimum Gasteiger partial charge on any atom is -0.453 e. The molecule has 2 aromatic rings. The van der Waals surface area contributed by atoms with Crippen LogP contribution in [0.3, 0.4) is 0 Å². The third-order valence-electron chi connectivity index (χ3n) is 2.04. The summed E-state index contributed by atoms with van der Waals surface area (Å²) in [6, 6.07) is 16.3. The van der Waals surface area contributed by atoms with Crippen molar-refractivity contribution < 1.29 is 14.2 Å². The van der Waals surface area contributed by atoms with Crippen LogP contribution in [-0.2, 0) is 11.8 Å². The Kier molecular flexibility index (Phi) is 4.30. The molecule has 0 aromatic heterocycles. The van der Waals surface area contributed by atoms with Gasteiger partial charge < -0.3 is 14.2 Å². The maximum atomic E-state index is 9.47. The van der Waals surface area contributed by atoms with Gasteiger partial charge in [-0.05, 0) is 36.1 Å². The highest BCUT2D eigenvalue weighted by molar-refractivity contribution is 8.59. The normalized spacial score (nSPS) is 13.7. The van der Waals surface area contributed by atoms with Gasteiger partial charge in [0.15, 0.2) is 11.5 Å². The topological polar surface area (TPSA) is 38.7 Å². The number of para-hydroxylation sites is 3. The summed E-state index contributed by atoms with van der Waals surface area (Å²) < 4.78 is 10.9. The van der Waals surface area contributed by atoms with Crippen molar-refractivity contribution in [3.05, 3.63) is 54.6 Å². The molecule has 0 heterocycles. The van der Waals surface area contributed by atoms with E-state index in [0.717, 1.165) is 0 Å². The Morgan fingerprint density at radius 2 is 1.50 bits per heavy atom. The molecule has 94 valence electrons. The SMILES string of the molecule is OP(=S)(S)Oc1ccccc1Oc1ccccc1. The van der Waals surface area contributed by atoms with E-state index in [9.17, 15) is 4.89 Å². The summed E-state index contributed by atoms with van der Waals surface area (Å²) in [5.74, 6) is 1.54. The summed E-state index contributed by atoms with van der Waals surface area (Å²) in [5, 5.41) is 0. The molecule has 0 aliphatic heterocycles. The molecule has 0 spiro atoms. The lowest BCUT2D eigenvalue weighted by molar-refractivity contribution is 0.440. The van der Waals surface area contributed by atoms with Crippen LogP contribution in [0.25, 0.3) is 0 Å². The van der Waals surface area contributed by atoms with Crippen LogP contribution in [0, 0.1) is 0 Å². The highest BCUT2D eigenvalue weighted by atomic mass is 32.9. The number of ether oxygens (including phenoxy) is 1. The smallest absolute Gasteiger partial charge is 0.291 e. The van der Waals surface area contributed by atoms with Crippen molar-refractivity contribution >= 4 is 29.7 Å². The first-order chi connectivity index (χ1) is 8.54. The lowest BCUT2D eigenvalue weighted by atomic mass is 10.3. The Balaban J connectivity index is 2.25. The second-order valence-electron chi connectivity index (χ2n) is 3.44. The van der Waals surface area contributed by atoms with Gasteiger partial charge in [0, 0.05) is 0 Å². The summed E-state index contributed by atoms with van der Waals surface area (Å²) in [5.41, 5.74) is -3.07. The minimum absolute atomic E-state index is 0.377.